The van der Waals surface area contributed by atoms with Crippen LogP contribution in [0.25, 0.3) is 0 Å². The second kappa shape index (κ2) is 7.12. The van der Waals surface area contributed by atoms with E-state index in [4.69, 9.17) is 0 Å². The van der Waals surface area contributed by atoms with Gasteiger partial charge in [-0.1, -0.05) is 32.9 Å². The third-order valence-electron chi connectivity index (χ3n) is 4.23. The molecular formula is C18H30N2. The van der Waals surface area contributed by atoms with Crippen molar-refractivity contribution in [2.75, 3.05) is 24.5 Å². The zero-order chi connectivity index (χ0) is 14.5. The van der Waals surface area contributed by atoms with E-state index in [9.17, 15) is 0 Å². The van der Waals surface area contributed by atoms with Gasteiger partial charge in [-0.25, -0.2) is 0 Å². The van der Waals surface area contributed by atoms with Crippen LogP contribution in [-0.2, 0) is 6.54 Å². The summed E-state index contributed by atoms with van der Waals surface area (Å²) >= 11 is 0. The summed E-state index contributed by atoms with van der Waals surface area (Å²) < 4.78 is 0. The molecule has 2 unspecified atom stereocenters. The minimum absolute atomic E-state index is 0.809. The number of nitrogens with zero attached hydrogens (tertiary/aromatic N) is 1. The summed E-state index contributed by atoms with van der Waals surface area (Å²) in [5.74, 6) is 1.62. The van der Waals surface area contributed by atoms with Crippen LogP contribution in [0.15, 0.2) is 18.2 Å². The van der Waals surface area contributed by atoms with E-state index in [2.05, 4.69) is 56.1 Å². The minimum Gasteiger partial charge on any atom is -0.371 e. The lowest BCUT2D eigenvalue weighted by atomic mass is 9.91. The van der Waals surface area contributed by atoms with E-state index in [-0.39, 0.29) is 0 Å². The molecule has 1 saturated heterocycles. The van der Waals surface area contributed by atoms with Gasteiger partial charge in [-0.2, -0.15) is 0 Å². The van der Waals surface area contributed by atoms with Crippen LogP contribution in [0.4, 0.5) is 5.69 Å². The number of piperidine rings is 1. The van der Waals surface area contributed by atoms with Gasteiger partial charge in [0.2, 0.25) is 0 Å². The molecule has 0 spiro atoms. The fraction of sp³-hybridized carbons (Fsp3) is 0.667. The maximum atomic E-state index is 3.48. The Morgan fingerprint density at radius 2 is 1.90 bits per heavy atom. The van der Waals surface area contributed by atoms with Crippen molar-refractivity contribution < 1.29 is 0 Å². The molecule has 1 aromatic carbocycles. The Kier molecular flexibility index (Phi) is 5.47. The van der Waals surface area contributed by atoms with Gasteiger partial charge < -0.3 is 10.2 Å². The zero-order valence-electron chi connectivity index (χ0n) is 13.6. The van der Waals surface area contributed by atoms with Crippen molar-refractivity contribution >= 4 is 5.69 Å². The van der Waals surface area contributed by atoms with Crippen LogP contribution in [-0.4, -0.2) is 19.6 Å². The summed E-state index contributed by atoms with van der Waals surface area (Å²) in [7, 11) is 0. The van der Waals surface area contributed by atoms with E-state index in [1.807, 2.05) is 0 Å². The Labute approximate surface area is 124 Å². The third kappa shape index (κ3) is 3.99. The van der Waals surface area contributed by atoms with E-state index in [0.29, 0.717) is 0 Å². The average molecular weight is 274 g/mol. The van der Waals surface area contributed by atoms with E-state index in [1.54, 1.807) is 0 Å². The van der Waals surface area contributed by atoms with E-state index < -0.39 is 0 Å². The summed E-state index contributed by atoms with van der Waals surface area (Å²) in [5, 5.41) is 3.48. The fourth-order valence-corrected chi connectivity index (χ4v) is 3.45. The Morgan fingerprint density at radius 1 is 1.20 bits per heavy atom. The van der Waals surface area contributed by atoms with Crippen molar-refractivity contribution in [3.63, 3.8) is 0 Å². The number of hydrogen-bond acceptors (Lipinski definition) is 2. The Hall–Kier alpha value is -1.02. The SMILES string of the molecule is CCCNCc1ccc(N2CC(C)CC(C)C2)c(C)c1. The van der Waals surface area contributed by atoms with E-state index in [1.165, 1.54) is 42.7 Å². The smallest absolute Gasteiger partial charge is 0.0396 e. The van der Waals surface area contributed by atoms with Gasteiger partial charge in [0, 0.05) is 25.3 Å². The molecule has 1 N–H and O–H groups in total. The molecule has 112 valence electrons. The zero-order valence-corrected chi connectivity index (χ0v) is 13.6. The Balaban J connectivity index is 2.05. The highest BCUT2D eigenvalue weighted by molar-refractivity contribution is 5.55. The van der Waals surface area contributed by atoms with Gasteiger partial charge in [0.25, 0.3) is 0 Å². The van der Waals surface area contributed by atoms with E-state index >= 15 is 0 Å². The molecule has 1 fully saturated rings. The molecule has 1 heterocycles. The van der Waals surface area contributed by atoms with E-state index in [0.717, 1.165) is 24.9 Å². The largest absolute Gasteiger partial charge is 0.371 e. The van der Waals surface area contributed by atoms with Crippen molar-refractivity contribution in [2.45, 2.75) is 47.1 Å². The monoisotopic (exact) mass is 274 g/mol. The third-order valence-corrected chi connectivity index (χ3v) is 4.23. The van der Waals surface area contributed by atoms with Crippen LogP contribution >= 0.6 is 0 Å². The molecule has 20 heavy (non-hydrogen) atoms. The molecule has 0 amide bonds. The highest BCUT2D eigenvalue weighted by Gasteiger charge is 2.22. The standard InChI is InChI=1S/C18H30N2/c1-5-8-19-11-17-6-7-18(16(4)10-17)20-12-14(2)9-15(3)13-20/h6-7,10,14-15,19H,5,8-9,11-13H2,1-4H3. The number of anilines is 1. The molecule has 0 saturated carbocycles. The minimum atomic E-state index is 0.809. The van der Waals surface area contributed by atoms with Crippen molar-refractivity contribution in [3.05, 3.63) is 29.3 Å². The first-order valence-electron chi connectivity index (χ1n) is 8.15. The maximum Gasteiger partial charge on any atom is 0.0396 e. The fourth-order valence-electron chi connectivity index (χ4n) is 3.45. The van der Waals surface area contributed by atoms with Gasteiger partial charge in [0.1, 0.15) is 0 Å². The van der Waals surface area contributed by atoms with Gasteiger partial charge >= 0.3 is 0 Å². The Morgan fingerprint density at radius 3 is 2.50 bits per heavy atom. The van der Waals surface area contributed by atoms with Gasteiger partial charge in [0.15, 0.2) is 0 Å². The van der Waals surface area contributed by atoms with Gasteiger partial charge in [-0.15, -0.1) is 0 Å². The topological polar surface area (TPSA) is 15.3 Å². The van der Waals surface area contributed by atoms with Crippen LogP contribution in [0.5, 0.6) is 0 Å². The van der Waals surface area contributed by atoms with Crippen LogP contribution in [0.3, 0.4) is 0 Å². The average Bonchev–Trinajstić information content (AvgIpc) is 2.38. The van der Waals surface area contributed by atoms with Crippen LogP contribution in [0, 0.1) is 18.8 Å². The summed E-state index contributed by atoms with van der Waals surface area (Å²) in [5.41, 5.74) is 4.25. The molecule has 0 aromatic heterocycles. The lowest BCUT2D eigenvalue weighted by Crippen LogP contribution is -2.39. The van der Waals surface area contributed by atoms with Crippen molar-refractivity contribution in [1.82, 2.24) is 5.32 Å². The summed E-state index contributed by atoms with van der Waals surface area (Å²) in [6, 6.07) is 6.96. The number of hydrogen-bond donors (Lipinski definition) is 1. The number of nitrogens with one attached hydrogen (secondary N) is 1. The Bertz CT molecular complexity index is 417. The predicted octanol–water partition coefficient (Wildman–Crippen LogP) is 3.98. The molecular weight excluding hydrogens is 244 g/mol. The second-order valence-corrected chi connectivity index (χ2v) is 6.65. The van der Waals surface area contributed by atoms with Gasteiger partial charge in [-0.3, -0.25) is 0 Å². The summed E-state index contributed by atoms with van der Waals surface area (Å²) in [6.07, 6.45) is 2.56. The molecule has 1 aliphatic rings. The van der Waals surface area contributed by atoms with Crippen LogP contribution in [0.2, 0.25) is 0 Å². The predicted molar refractivity (Wildman–Crippen MR) is 88.3 cm³/mol. The summed E-state index contributed by atoms with van der Waals surface area (Å²) in [4.78, 5) is 2.58. The molecule has 1 aromatic rings. The quantitative estimate of drug-likeness (QED) is 0.817. The molecule has 2 rings (SSSR count). The lowest BCUT2D eigenvalue weighted by Gasteiger charge is -2.37. The first kappa shape index (κ1) is 15.4. The van der Waals surface area contributed by atoms with Crippen molar-refractivity contribution in [2.24, 2.45) is 11.8 Å². The lowest BCUT2D eigenvalue weighted by molar-refractivity contribution is 0.356. The normalized spacial score (nSPS) is 23.1. The van der Waals surface area contributed by atoms with Crippen LogP contribution in [0.1, 0.15) is 44.7 Å². The van der Waals surface area contributed by atoms with Crippen LogP contribution < -0.4 is 10.2 Å². The number of benzene rings is 1. The molecule has 2 nitrogen and oxygen atoms in total. The number of rotatable bonds is 5. The van der Waals surface area contributed by atoms with Gasteiger partial charge in [-0.05, 0) is 55.3 Å². The molecule has 2 atom stereocenters. The molecule has 0 radical (unpaired) electrons. The molecule has 0 bridgehead atoms. The van der Waals surface area contributed by atoms with Crippen molar-refractivity contribution in [3.8, 4) is 0 Å². The number of aryl methyl sites for hydroxylation is 1. The van der Waals surface area contributed by atoms with Crippen molar-refractivity contribution in [1.29, 1.82) is 0 Å². The highest BCUT2D eigenvalue weighted by Crippen LogP contribution is 2.29. The molecule has 0 aliphatic carbocycles. The first-order valence-corrected chi connectivity index (χ1v) is 8.15. The molecule has 2 heteroatoms. The summed E-state index contributed by atoms with van der Waals surface area (Å²) in [6.45, 7) is 13.7. The molecule has 1 aliphatic heterocycles. The maximum absolute atomic E-state index is 3.48. The second-order valence-electron chi connectivity index (χ2n) is 6.65. The highest BCUT2D eigenvalue weighted by atomic mass is 15.1. The van der Waals surface area contributed by atoms with Gasteiger partial charge in [0.05, 0.1) is 0 Å². The first-order chi connectivity index (χ1) is 9.60.